The molecule has 3 aromatic heterocycles. The molecule has 0 unspecified atom stereocenters. The van der Waals surface area contributed by atoms with Crippen LogP contribution >= 0.6 is 0 Å². The minimum Gasteiger partial charge on any atom is -0.478 e. The number of ether oxygens (including phenoxy) is 1. The Balaban J connectivity index is 2.28. The second kappa shape index (κ2) is 7.04. The largest absolute Gasteiger partial charge is 0.478 e. The molecule has 3 rings (SSSR count). The molecule has 7 nitrogen and oxygen atoms in total. The maximum absolute atomic E-state index is 12.9. The van der Waals surface area contributed by atoms with E-state index in [2.05, 4.69) is 15.0 Å². The molecule has 11 heteroatoms. The first-order chi connectivity index (χ1) is 13.1. The molecule has 0 aliphatic carbocycles. The van der Waals surface area contributed by atoms with Gasteiger partial charge in [-0.1, -0.05) is 6.92 Å². The number of halogens is 3. The fourth-order valence-corrected chi connectivity index (χ4v) is 3.70. The molecule has 0 bridgehead atoms. The highest BCUT2D eigenvalue weighted by molar-refractivity contribution is 7.91. The third-order valence-electron chi connectivity index (χ3n) is 4.11. The van der Waals surface area contributed by atoms with Gasteiger partial charge in [-0.05, 0) is 19.1 Å². The molecule has 0 N–H and O–H groups in total. The molecule has 0 aliphatic rings. The van der Waals surface area contributed by atoms with E-state index in [-0.39, 0.29) is 33.6 Å². The van der Waals surface area contributed by atoms with Gasteiger partial charge >= 0.3 is 6.18 Å². The Morgan fingerprint density at radius 3 is 2.50 bits per heavy atom. The van der Waals surface area contributed by atoms with E-state index in [1.165, 1.54) is 23.6 Å². The number of pyridine rings is 2. The normalized spacial score (nSPS) is 12.5. The topological polar surface area (TPSA) is 87.0 Å². The van der Waals surface area contributed by atoms with Crippen molar-refractivity contribution in [1.29, 1.82) is 0 Å². The van der Waals surface area contributed by atoms with Crippen molar-refractivity contribution in [2.45, 2.75) is 24.9 Å². The van der Waals surface area contributed by atoms with Crippen molar-refractivity contribution in [3.63, 3.8) is 0 Å². The van der Waals surface area contributed by atoms with E-state index in [1.807, 2.05) is 0 Å². The number of sulfone groups is 1. The van der Waals surface area contributed by atoms with Crippen molar-refractivity contribution >= 4 is 20.9 Å². The SMILES string of the molecule is CCOc1ccc(S(=O)(=O)CC)c(-c2nc3cc(C(F)(F)F)ncc3n2C)n1. The summed E-state index contributed by atoms with van der Waals surface area (Å²) in [5.74, 6) is 0.123. The fourth-order valence-electron chi connectivity index (χ4n) is 2.68. The van der Waals surface area contributed by atoms with Crippen molar-refractivity contribution < 1.29 is 26.3 Å². The zero-order valence-electron chi connectivity index (χ0n) is 15.3. The summed E-state index contributed by atoms with van der Waals surface area (Å²) >= 11 is 0. The quantitative estimate of drug-likeness (QED) is 0.637. The Morgan fingerprint density at radius 1 is 1.18 bits per heavy atom. The summed E-state index contributed by atoms with van der Waals surface area (Å²) in [5, 5.41) is 0. The maximum Gasteiger partial charge on any atom is 0.433 e. The van der Waals surface area contributed by atoms with Crippen LogP contribution in [0.2, 0.25) is 0 Å². The highest BCUT2D eigenvalue weighted by Gasteiger charge is 2.33. The molecule has 0 aliphatic heterocycles. The lowest BCUT2D eigenvalue weighted by Gasteiger charge is -2.11. The summed E-state index contributed by atoms with van der Waals surface area (Å²) in [6.45, 7) is 3.55. The van der Waals surface area contributed by atoms with Crippen LogP contribution in [-0.4, -0.2) is 40.3 Å². The summed E-state index contributed by atoms with van der Waals surface area (Å²) < 4.78 is 70.6. The van der Waals surface area contributed by atoms with Crippen LogP contribution in [0, 0.1) is 0 Å². The summed E-state index contributed by atoms with van der Waals surface area (Å²) in [6, 6.07) is 3.62. The minimum absolute atomic E-state index is 0.0139. The highest BCUT2D eigenvalue weighted by Crippen LogP contribution is 2.33. The first kappa shape index (κ1) is 20.1. The number of alkyl halides is 3. The molecule has 150 valence electrons. The predicted octanol–water partition coefficient (Wildman–Crippen LogP) is 3.24. The molecule has 0 fully saturated rings. The number of hydrogen-bond donors (Lipinski definition) is 0. The van der Waals surface area contributed by atoms with Crippen LogP contribution in [0.1, 0.15) is 19.5 Å². The molecular weight excluding hydrogens is 397 g/mol. The van der Waals surface area contributed by atoms with Crippen molar-refractivity contribution in [3.05, 3.63) is 30.1 Å². The molecule has 28 heavy (non-hydrogen) atoms. The van der Waals surface area contributed by atoms with Crippen LogP contribution in [0.4, 0.5) is 13.2 Å². The van der Waals surface area contributed by atoms with Gasteiger partial charge in [0.1, 0.15) is 11.4 Å². The molecule has 0 aromatic carbocycles. The van der Waals surface area contributed by atoms with Crippen molar-refractivity contribution in [2.75, 3.05) is 12.4 Å². The van der Waals surface area contributed by atoms with Gasteiger partial charge in [0.15, 0.2) is 15.7 Å². The van der Waals surface area contributed by atoms with Gasteiger partial charge in [-0.15, -0.1) is 0 Å². The molecule has 0 saturated heterocycles. The van der Waals surface area contributed by atoms with E-state index >= 15 is 0 Å². The Morgan fingerprint density at radius 2 is 1.89 bits per heavy atom. The van der Waals surface area contributed by atoms with E-state index < -0.39 is 21.7 Å². The third kappa shape index (κ3) is 3.53. The molecule has 0 spiro atoms. The van der Waals surface area contributed by atoms with Crippen LogP contribution < -0.4 is 4.74 Å². The summed E-state index contributed by atoms with van der Waals surface area (Å²) in [4.78, 5) is 11.8. The number of imidazole rings is 1. The van der Waals surface area contributed by atoms with Crippen LogP contribution in [0.15, 0.2) is 29.3 Å². The van der Waals surface area contributed by atoms with Gasteiger partial charge in [0, 0.05) is 13.1 Å². The first-order valence-corrected chi connectivity index (χ1v) is 10.00. The van der Waals surface area contributed by atoms with E-state index in [0.717, 1.165) is 12.3 Å². The average Bonchev–Trinajstić information content (AvgIpc) is 2.97. The van der Waals surface area contributed by atoms with Crippen molar-refractivity contribution in [1.82, 2.24) is 19.5 Å². The zero-order chi connectivity index (χ0) is 20.7. The standard InChI is InChI=1S/C17H17F3N4O3S/c1-4-27-14-7-6-12(28(25,26)5-2)15(23-14)16-22-10-8-13(17(18,19)20)21-9-11(10)24(16)3/h6-9H,4-5H2,1-3H3. The summed E-state index contributed by atoms with van der Waals surface area (Å²) in [7, 11) is -2.11. The minimum atomic E-state index is -4.62. The number of hydrogen-bond acceptors (Lipinski definition) is 6. The monoisotopic (exact) mass is 414 g/mol. The second-order valence-corrected chi connectivity index (χ2v) is 8.13. The molecule has 0 atom stereocenters. The Bertz CT molecular complexity index is 1140. The molecule has 0 saturated carbocycles. The smallest absolute Gasteiger partial charge is 0.433 e. The molecule has 0 radical (unpaired) electrons. The lowest BCUT2D eigenvalue weighted by Crippen LogP contribution is -2.09. The Kier molecular flexibility index (Phi) is 5.04. The fraction of sp³-hybridized carbons (Fsp3) is 0.353. The van der Waals surface area contributed by atoms with Gasteiger partial charge in [0.05, 0.1) is 34.5 Å². The lowest BCUT2D eigenvalue weighted by molar-refractivity contribution is -0.141. The van der Waals surface area contributed by atoms with Gasteiger partial charge in [-0.25, -0.2) is 23.4 Å². The van der Waals surface area contributed by atoms with Crippen LogP contribution in [0.3, 0.4) is 0 Å². The van der Waals surface area contributed by atoms with E-state index in [4.69, 9.17) is 4.74 Å². The number of aromatic nitrogens is 4. The lowest BCUT2D eigenvalue weighted by atomic mass is 10.3. The number of rotatable bonds is 5. The van der Waals surface area contributed by atoms with Crippen molar-refractivity contribution in [2.24, 2.45) is 7.05 Å². The van der Waals surface area contributed by atoms with E-state index in [0.29, 0.717) is 12.1 Å². The van der Waals surface area contributed by atoms with Gasteiger partial charge in [-0.3, -0.25) is 0 Å². The van der Waals surface area contributed by atoms with Crippen LogP contribution in [0.5, 0.6) is 5.88 Å². The predicted molar refractivity (Wildman–Crippen MR) is 95.6 cm³/mol. The van der Waals surface area contributed by atoms with E-state index in [9.17, 15) is 21.6 Å². The number of aryl methyl sites for hydroxylation is 1. The summed E-state index contributed by atoms with van der Waals surface area (Å²) in [6.07, 6.45) is -3.56. The highest BCUT2D eigenvalue weighted by atomic mass is 32.2. The number of fused-ring (bicyclic) bond motifs is 1. The Hall–Kier alpha value is -2.69. The number of nitrogens with zero attached hydrogens (tertiary/aromatic N) is 4. The van der Waals surface area contributed by atoms with Gasteiger partial charge in [0.25, 0.3) is 0 Å². The molecule has 0 amide bonds. The molecule has 3 aromatic rings. The van der Waals surface area contributed by atoms with Crippen molar-refractivity contribution in [3.8, 4) is 17.4 Å². The van der Waals surface area contributed by atoms with Gasteiger partial charge < -0.3 is 9.30 Å². The van der Waals surface area contributed by atoms with E-state index in [1.54, 1.807) is 14.0 Å². The van der Waals surface area contributed by atoms with Crippen LogP contribution in [-0.2, 0) is 23.1 Å². The first-order valence-electron chi connectivity index (χ1n) is 8.35. The molecular formula is C17H17F3N4O3S. The average molecular weight is 414 g/mol. The van der Waals surface area contributed by atoms with Crippen LogP contribution in [0.25, 0.3) is 22.6 Å². The summed E-state index contributed by atoms with van der Waals surface area (Å²) in [5.41, 5.74) is -0.725. The third-order valence-corrected chi connectivity index (χ3v) is 5.87. The maximum atomic E-state index is 12.9. The zero-order valence-corrected chi connectivity index (χ0v) is 16.1. The Labute approximate surface area is 159 Å². The second-order valence-electron chi connectivity index (χ2n) is 5.88. The molecule has 3 heterocycles. The van der Waals surface area contributed by atoms with Gasteiger partial charge in [0.2, 0.25) is 5.88 Å². The van der Waals surface area contributed by atoms with Gasteiger partial charge in [-0.2, -0.15) is 13.2 Å².